The summed E-state index contributed by atoms with van der Waals surface area (Å²) >= 11 is 11.2. The van der Waals surface area contributed by atoms with Crippen LogP contribution < -0.4 is 5.32 Å². The predicted molar refractivity (Wildman–Crippen MR) is 143 cm³/mol. The molecule has 0 saturated heterocycles. The summed E-state index contributed by atoms with van der Waals surface area (Å²) in [4.78, 5) is 30.1. The summed E-state index contributed by atoms with van der Waals surface area (Å²) in [6, 6.07) is 6.66. The number of ether oxygens (including phenoxy) is 2. The van der Waals surface area contributed by atoms with Crippen LogP contribution in [0.2, 0.25) is 10.3 Å². The van der Waals surface area contributed by atoms with E-state index in [9.17, 15) is 27.2 Å². The van der Waals surface area contributed by atoms with Gasteiger partial charge >= 0.3 is 13.4 Å². The number of hydrogen-bond donors (Lipinski definition) is 2. The van der Waals surface area contributed by atoms with Gasteiger partial charge in [-0.1, -0.05) is 42.8 Å². The first-order chi connectivity index (χ1) is 18.5. The van der Waals surface area contributed by atoms with Crippen molar-refractivity contribution in [3.05, 3.63) is 81.7 Å². The molecule has 3 N–H and O–H groups in total. The Morgan fingerprint density at radius 1 is 0.927 bits per heavy atom. The number of esters is 2. The zero-order chi connectivity index (χ0) is 28.8. The number of aliphatic hydroxyl groups excluding tert-OH is 1. The third-order valence-electron chi connectivity index (χ3n) is 4.64. The second kappa shape index (κ2) is 19.6. The Kier molecular flexibility index (Phi) is 17.9. The van der Waals surface area contributed by atoms with Crippen molar-refractivity contribution in [1.29, 1.82) is 0 Å². The predicted octanol–water partition coefficient (Wildman–Crippen LogP) is 4.89. The minimum atomic E-state index is -2.50. The minimum absolute atomic E-state index is 0. The molecule has 10 nitrogen and oxygen atoms in total. The molecule has 0 unspecified atom stereocenters. The Bertz CT molecular complexity index is 1150. The van der Waals surface area contributed by atoms with Crippen LogP contribution in [0.5, 0.6) is 0 Å². The van der Waals surface area contributed by atoms with Gasteiger partial charge in [-0.25, -0.2) is 37.1 Å². The van der Waals surface area contributed by atoms with Gasteiger partial charge in [0.15, 0.2) is 0 Å². The summed E-state index contributed by atoms with van der Waals surface area (Å²) in [5.41, 5.74) is 2.01. The molecule has 2 aliphatic rings. The number of aliphatic hydroxyl groups is 1. The Morgan fingerprint density at radius 3 is 1.88 bits per heavy atom. The Hall–Kier alpha value is -3.46. The van der Waals surface area contributed by atoms with E-state index in [0.717, 1.165) is 17.2 Å². The topological polar surface area (TPSA) is 144 Å². The van der Waals surface area contributed by atoms with Gasteiger partial charge < -0.3 is 30.3 Å². The molecule has 0 bridgehead atoms. The Labute approximate surface area is 245 Å². The number of pyridine rings is 2. The zero-order valence-electron chi connectivity index (χ0n) is 21.7. The van der Waals surface area contributed by atoms with Crippen LogP contribution in [0.15, 0.2) is 60.3 Å². The molecule has 16 heteroatoms. The third-order valence-corrected chi connectivity index (χ3v) is 5.08. The van der Waals surface area contributed by atoms with Crippen LogP contribution in [0.3, 0.4) is 0 Å². The fourth-order valence-corrected chi connectivity index (χ4v) is 3.14. The molecule has 0 spiro atoms. The number of cyclic esters (lactones) is 2. The van der Waals surface area contributed by atoms with E-state index in [0.29, 0.717) is 22.5 Å². The lowest BCUT2D eigenvalue weighted by Crippen LogP contribution is -2.28. The largest absolute Gasteiger partial charge is 1.00 e. The SMILES string of the molecule is C.FC(F)CNCc1ccc(Cl)nc1.O=C1C=C(N(Cc2ccc(Cl)nc2)CC(F)F)CO1.O=C1C=C(O)CO1.[H+].[OH-]. The molecule has 2 aromatic rings. The summed E-state index contributed by atoms with van der Waals surface area (Å²) < 4.78 is 57.6. The van der Waals surface area contributed by atoms with Crippen molar-refractivity contribution in [2.24, 2.45) is 0 Å². The molecule has 0 aromatic carbocycles. The normalized spacial score (nSPS) is 13.4. The van der Waals surface area contributed by atoms with Crippen LogP contribution in [-0.2, 0) is 32.2 Å². The molecule has 4 heterocycles. The number of carbonyl (C=O) groups is 2. The van der Waals surface area contributed by atoms with Crippen molar-refractivity contribution in [2.75, 3.05) is 26.3 Å². The van der Waals surface area contributed by atoms with E-state index in [4.69, 9.17) is 33.0 Å². The average molecular weight is 629 g/mol. The molecule has 0 radical (unpaired) electrons. The standard InChI is InChI=1S/C12H11ClF2N2O2.C8H9ClF2N2.C4H4O3.CH4.H2O/c13-10-2-1-8(4-16-10)5-17(6-11(14)15)9-3-12(18)19-7-9;9-7-2-1-6(4-13-7)3-12-5-8(10)11;5-3-1-4(6)7-2-3;;/h1-4,11H,5-7H2;1-2,4,8,12H,3,5H2;1,5H,2H2;1H4;1H2. The molecule has 228 valence electrons. The van der Waals surface area contributed by atoms with E-state index in [1.165, 1.54) is 17.2 Å². The lowest BCUT2D eigenvalue weighted by molar-refractivity contribution is -0.136. The first kappa shape index (κ1) is 37.5. The Balaban J connectivity index is 0. The molecule has 4 rings (SSSR count). The van der Waals surface area contributed by atoms with Crippen molar-refractivity contribution in [3.63, 3.8) is 0 Å². The molecule has 0 aliphatic carbocycles. The van der Waals surface area contributed by atoms with Crippen LogP contribution >= 0.6 is 23.2 Å². The van der Waals surface area contributed by atoms with Crippen molar-refractivity contribution >= 4 is 35.1 Å². The van der Waals surface area contributed by atoms with Crippen LogP contribution in [0, 0.1) is 0 Å². The maximum absolute atomic E-state index is 12.6. The second-order valence-electron chi connectivity index (χ2n) is 7.76. The van der Waals surface area contributed by atoms with E-state index in [1.54, 1.807) is 30.5 Å². The highest BCUT2D eigenvalue weighted by Crippen LogP contribution is 2.18. The summed E-state index contributed by atoms with van der Waals surface area (Å²) in [6.07, 6.45) is 0.531. The number of nitrogens with one attached hydrogen (secondary N) is 1. The van der Waals surface area contributed by atoms with Gasteiger partial charge in [0.2, 0.25) is 0 Å². The Morgan fingerprint density at radius 2 is 1.49 bits per heavy atom. The van der Waals surface area contributed by atoms with E-state index in [2.05, 4.69) is 20.0 Å². The van der Waals surface area contributed by atoms with Gasteiger partial charge in [-0.3, -0.25) is 0 Å². The fraction of sp³-hybridized carbons (Fsp3) is 0.360. The van der Waals surface area contributed by atoms with Gasteiger partial charge in [0.05, 0.1) is 24.9 Å². The summed E-state index contributed by atoms with van der Waals surface area (Å²) in [7, 11) is 0. The van der Waals surface area contributed by atoms with Crippen molar-refractivity contribution in [1.82, 2.24) is 20.2 Å². The number of rotatable bonds is 9. The van der Waals surface area contributed by atoms with Crippen LogP contribution in [0.4, 0.5) is 17.6 Å². The molecule has 0 saturated carbocycles. The van der Waals surface area contributed by atoms with Crippen LogP contribution in [0.25, 0.3) is 0 Å². The molecule has 0 atom stereocenters. The van der Waals surface area contributed by atoms with Gasteiger partial charge in [0.1, 0.15) is 29.3 Å². The van der Waals surface area contributed by atoms with E-state index >= 15 is 0 Å². The number of alkyl halides is 4. The van der Waals surface area contributed by atoms with Crippen molar-refractivity contribution in [3.8, 4) is 0 Å². The number of halogens is 6. The van der Waals surface area contributed by atoms with Gasteiger partial charge in [-0.15, -0.1) is 0 Å². The lowest BCUT2D eigenvalue weighted by Gasteiger charge is -2.24. The van der Waals surface area contributed by atoms with E-state index in [1.807, 2.05) is 0 Å². The van der Waals surface area contributed by atoms with Gasteiger partial charge in [0, 0.05) is 31.6 Å². The van der Waals surface area contributed by atoms with Crippen LogP contribution in [0.1, 0.15) is 20.0 Å². The lowest BCUT2D eigenvalue weighted by atomic mass is 10.2. The molecule has 2 aliphatic heterocycles. The molecule has 0 fully saturated rings. The quantitative estimate of drug-likeness (QED) is 0.224. The second-order valence-corrected chi connectivity index (χ2v) is 8.53. The van der Waals surface area contributed by atoms with Crippen LogP contribution in [-0.4, -0.2) is 76.5 Å². The first-order valence-corrected chi connectivity index (χ1v) is 11.9. The molecular weight excluding hydrogens is 599 g/mol. The van der Waals surface area contributed by atoms with E-state index < -0.39 is 31.3 Å². The zero-order valence-corrected chi connectivity index (χ0v) is 22.2. The highest BCUT2D eigenvalue weighted by Gasteiger charge is 2.22. The summed E-state index contributed by atoms with van der Waals surface area (Å²) in [6.45, 7) is -0.107. The monoisotopic (exact) mass is 628 g/mol. The van der Waals surface area contributed by atoms with Gasteiger partial charge in [-0.05, 0) is 23.3 Å². The maximum atomic E-state index is 12.6. The fourth-order valence-electron chi connectivity index (χ4n) is 2.92. The van der Waals surface area contributed by atoms with E-state index in [-0.39, 0.29) is 46.4 Å². The van der Waals surface area contributed by atoms with Crippen molar-refractivity contribution in [2.45, 2.75) is 33.4 Å². The number of hydrogen-bond acceptors (Lipinski definition) is 10. The molecule has 41 heavy (non-hydrogen) atoms. The smallest absolute Gasteiger partial charge is 0.870 e. The number of nitrogens with zero attached hydrogens (tertiary/aromatic N) is 3. The highest BCUT2D eigenvalue weighted by molar-refractivity contribution is 6.29. The number of carbonyl (C=O) groups excluding carboxylic acids is 2. The van der Waals surface area contributed by atoms with Gasteiger partial charge in [0.25, 0.3) is 12.9 Å². The summed E-state index contributed by atoms with van der Waals surface area (Å²) in [5, 5.41) is 11.7. The van der Waals surface area contributed by atoms with Gasteiger partial charge in [-0.2, -0.15) is 0 Å². The van der Waals surface area contributed by atoms with Crippen molar-refractivity contribution < 1.29 is 48.6 Å². The summed E-state index contributed by atoms with van der Waals surface area (Å²) in [5.74, 6) is -0.967. The number of aromatic nitrogens is 2. The third kappa shape index (κ3) is 15.8. The molecular formula is C25H30Cl2F4N4O6. The minimum Gasteiger partial charge on any atom is -0.870 e. The molecule has 2 aromatic heterocycles. The average Bonchev–Trinajstić information content (AvgIpc) is 3.48. The highest BCUT2D eigenvalue weighted by atomic mass is 35.5. The first-order valence-electron chi connectivity index (χ1n) is 11.2. The molecule has 0 amide bonds. The maximum Gasteiger partial charge on any atom is 1.00 e.